The lowest BCUT2D eigenvalue weighted by molar-refractivity contribution is 0.304. The van der Waals surface area contributed by atoms with Crippen molar-refractivity contribution in [2.24, 2.45) is 5.73 Å². The molecule has 3 heteroatoms. The standard InChI is InChI=1S/C16H27NOS/c1-2-3-4-5-6-7-10-18-16-9-8-14(13-19)15(11-16)12-17/h8-9,11,19H,2-7,10,12-13,17H2,1H3. The lowest BCUT2D eigenvalue weighted by atomic mass is 10.1. The van der Waals surface area contributed by atoms with E-state index < -0.39 is 0 Å². The first-order valence-electron chi connectivity index (χ1n) is 7.37. The molecule has 0 heterocycles. The highest BCUT2D eigenvalue weighted by molar-refractivity contribution is 7.79. The zero-order valence-electron chi connectivity index (χ0n) is 12.0. The van der Waals surface area contributed by atoms with Gasteiger partial charge >= 0.3 is 0 Å². The second-order valence-electron chi connectivity index (χ2n) is 4.91. The van der Waals surface area contributed by atoms with Gasteiger partial charge in [0.2, 0.25) is 0 Å². The minimum absolute atomic E-state index is 0.546. The number of nitrogens with two attached hydrogens (primary N) is 1. The molecular weight excluding hydrogens is 254 g/mol. The molecule has 2 nitrogen and oxygen atoms in total. The molecule has 0 aliphatic rings. The number of hydrogen-bond donors (Lipinski definition) is 2. The van der Waals surface area contributed by atoms with Crippen LogP contribution in [0.1, 0.15) is 56.6 Å². The van der Waals surface area contributed by atoms with E-state index in [9.17, 15) is 0 Å². The second kappa shape index (κ2) is 10.2. The quantitative estimate of drug-likeness (QED) is 0.495. The van der Waals surface area contributed by atoms with E-state index in [1.807, 2.05) is 12.1 Å². The fourth-order valence-corrected chi connectivity index (χ4v) is 2.42. The first-order chi connectivity index (χ1) is 9.31. The van der Waals surface area contributed by atoms with Gasteiger partial charge < -0.3 is 10.5 Å². The number of rotatable bonds is 10. The molecule has 1 aromatic rings. The maximum Gasteiger partial charge on any atom is 0.119 e. The fourth-order valence-electron chi connectivity index (χ4n) is 2.11. The molecule has 0 bridgehead atoms. The van der Waals surface area contributed by atoms with Gasteiger partial charge in [-0.3, -0.25) is 0 Å². The van der Waals surface area contributed by atoms with Gasteiger partial charge in [-0.15, -0.1) is 0 Å². The Morgan fingerprint density at radius 2 is 1.79 bits per heavy atom. The topological polar surface area (TPSA) is 35.2 Å². The summed E-state index contributed by atoms with van der Waals surface area (Å²) in [5.41, 5.74) is 8.06. The van der Waals surface area contributed by atoms with Crippen molar-refractivity contribution in [3.8, 4) is 5.75 Å². The van der Waals surface area contributed by atoms with E-state index in [4.69, 9.17) is 10.5 Å². The van der Waals surface area contributed by atoms with Crippen molar-refractivity contribution >= 4 is 12.6 Å². The molecule has 108 valence electrons. The number of ether oxygens (including phenoxy) is 1. The molecule has 0 aliphatic carbocycles. The summed E-state index contributed by atoms with van der Waals surface area (Å²) in [6.07, 6.45) is 7.73. The Balaban J connectivity index is 2.26. The minimum Gasteiger partial charge on any atom is -0.494 e. The first kappa shape index (κ1) is 16.4. The fraction of sp³-hybridized carbons (Fsp3) is 0.625. The average Bonchev–Trinajstić information content (AvgIpc) is 2.46. The van der Waals surface area contributed by atoms with E-state index in [0.717, 1.165) is 30.1 Å². The summed E-state index contributed by atoms with van der Waals surface area (Å²) in [5, 5.41) is 0. The van der Waals surface area contributed by atoms with Gasteiger partial charge in [-0.25, -0.2) is 0 Å². The average molecular weight is 281 g/mol. The van der Waals surface area contributed by atoms with Gasteiger partial charge in [0.25, 0.3) is 0 Å². The van der Waals surface area contributed by atoms with Crippen LogP contribution in [0.3, 0.4) is 0 Å². The maximum absolute atomic E-state index is 5.77. The predicted molar refractivity (Wildman–Crippen MR) is 85.9 cm³/mol. The number of hydrogen-bond acceptors (Lipinski definition) is 3. The number of thiol groups is 1. The molecule has 19 heavy (non-hydrogen) atoms. The first-order valence-corrected chi connectivity index (χ1v) is 8.00. The second-order valence-corrected chi connectivity index (χ2v) is 5.23. The van der Waals surface area contributed by atoms with Crippen molar-refractivity contribution in [2.75, 3.05) is 6.61 Å². The van der Waals surface area contributed by atoms with Crippen molar-refractivity contribution in [3.05, 3.63) is 29.3 Å². The van der Waals surface area contributed by atoms with Crippen molar-refractivity contribution in [1.82, 2.24) is 0 Å². The van der Waals surface area contributed by atoms with Crippen LogP contribution in [0.25, 0.3) is 0 Å². The zero-order chi connectivity index (χ0) is 13.9. The monoisotopic (exact) mass is 281 g/mol. The minimum atomic E-state index is 0.546. The van der Waals surface area contributed by atoms with Crippen LogP contribution in [-0.2, 0) is 12.3 Å². The van der Waals surface area contributed by atoms with Gasteiger partial charge in [-0.05, 0) is 29.7 Å². The van der Waals surface area contributed by atoms with Crippen LogP contribution in [0, 0.1) is 0 Å². The third-order valence-electron chi connectivity index (χ3n) is 3.33. The van der Waals surface area contributed by atoms with Crippen LogP contribution in [-0.4, -0.2) is 6.61 Å². The highest BCUT2D eigenvalue weighted by atomic mass is 32.1. The van der Waals surface area contributed by atoms with E-state index in [-0.39, 0.29) is 0 Å². The SMILES string of the molecule is CCCCCCCCOc1ccc(CS)c(CN)c1. The summed E-state index contributed by atoms with van der Waals surface area (Å²) in [5.74, 6) is 1.66. The molecule has 0 aromatic heterocycles. The Labute approximate surface area is 123 Å². The molecule has 0 amide bonds. The summed E-state index contributed by atoms with van der Waals surface area (Å²) in [7, 11) is 0. The zero-order valence-corrected chi connectivity index (χ0v) is 12.9. The predicted octanol–water partition coefficient (Wildman–Crippen LogP) is 4.31. The van der Waals surface area contributed by atoms with Crippen LogP contribution < -0.4 is 10.5 Å². The Bertz CT molecular complexity index is 355. The summed E-state index contributed by atoms with van der Waals surface area (Å²) in [6.45, 7) is 3.59. The molecule has 0 fully saturated rings. The van der Waals surface area contributed by atoms with E-state index in [1.165, 1.54) is 37.7 Å². The van der Waals surface area contributed by atoms with Crippen LogP contribution in [0.2, 0.25) is 0 Å². The maximum atomic E-state index is 5.77. The van der Waals surface area contributed by atoms with Crippen molar-refractivity contribution in [1.29, 1.82) is 0 Å². The van der Waals surface area contributed by atoms with Crippen LogP contribution in [0.5, 0.6) is 5.75 Å². The van der Waals surface area contributed by atoms with Gasteiger partial charge in [0.05, 0.1) is 6.61 Å². The smallest absolute Gasteiger partial charge is 0.119 e. The highest BCUT2D eigenvalue weighted by Gasteiger charge is 2.02. The Hall–Kier alpha value is -0.670. The summed E-state index contributed by atoms with van der Waals surface area (Å²) in [6, 6.07) is 6.12. The third-order valence-corrected chi connectivity index (χ3v) is 3.68. The van der Waals surface area contributed by atoms with Gasteiger partial charge in [0.15, 0.2) is 0 Å². The molecule has 0 radical (unpaired) electrons. The van der Waals surface area contributed by atoms with E-state index in [2.05, 4.69) is 25.6 Å². The largest absolute Gasteiger partial charge is 0.494 e. The molecule has 0 atom stereocenters. The molecule has 0 saturated carbocycles. The van der Waals surface area contributed by atoms with Crippen molar-refractivity contribution in [2.45, 2.75) is 57.7 Å². The lowest BCUT2D eigenvalue weighted by Gasteiger charge is -2.10. The molecule has 2 N–H and O–H groups in total. The summed E-state index contributed by atoms with van der Waals surface area (Å²) < 4.78 is 5.77. The molecular formula is C16H27NOS. The van der Waals surface area contributed by atoms with E-state index in [0.29, 0.717) is 6.54 Å². The molecule has 1 aromatic carbocycles. The van der Waals surface area contributed by atoms with E-state index in [1.54, 1.807) is 0 Å². The lowest BCUT2D eigenvalue weighted by Crippen LogP contribution is -2.03. The summed E-state index contributed by atoms with van der Waals surface area (Å²) in [4.78, 5) is 0. The Morgan fingerprint density at radius 3 is 2.47 bits per heavy atom. The van der Waals surface area contributed by atoms with Crippen molar-refractivity contribution < 1.29 is 4.74 Å². The molecule has 0 unspecified atom stereocenters. The number of unbranched alkanes of at least 4 members (excludes halogenated alkanes) is 5. The molecule has 0 spiro atoms. The third kappa shape index (κ3) is 6.35. The van der Waals surface area contributed by atoms with Gasteiger partial charge in [-0.2, -0.15) is 12.6 Å². The van der Waals surface area contributed by atoms with Crippen LogP contribution in [0.15, 0.2) is 18.2 Å². The number of benzene rings is 1. The Kier molecular flexibility index (Phi) is 8.76. The van der Waals surface area contributed by atoms with E-state index >= 15 is 0 Å². The highest BCUT2D eigenvalue weighted by Crippen LogP contribution is 2.19. The Morgan fingerprint density at radius 1 is 1.05 bits per heavy atom. The van der Waals surface area contributed by atoms with Crippen molar-refractivity contribution in [3.63, 3.8) is 0 Å². The van der Waals surface area contributed by atoms with Gasteiger partial charge in [0.1, 0.15) is 5.75 Å². The van der Waals surface area contributed by atoms with Gasteiger partial charge in [-0.1, -0.05) is 45.1 Å². The molecule has 0 saturated heterocycles. The molecule has 0 aliphatic heterocycles. The summed E-state index contributed by atoms with van der Waals surface area (Å²) >= 11 is 4.30. The van der Waals surface area contributed by atoms with Crippen LogP contribution >= 0.6 is 12.6 Å². The van der Waals surface area contributed by atoms with Gasteiger partial charge in [0, 0.05) is 12.3 Å². The van der Waals surface area contributed by atoms with Crippen LogP contribution in [0.4, 0.5) is 0 Å². The molecule has 1 rings (SSSR count). The normalized spacial score (nSPS) is 10.7.